The Hall–Kier alpha value is -1.13. The van der Waals surface area contributed by atoms with E-state index in [1.807, 2.05) is 19.1 Å². The van der Waals surface area contributed by atoms with E-state index in [-0.39, 0.29) is 12.1 Å². The van der Waals surface area contributed by atoms with Crippen LogP contribution in [0.5, 0.6) is 5.75 Å². The third-order valence-electron chi connectivity index (χ3n) is 2.70. The summed E-state index contributed by atoms with van der Waals surface area (Å²) in [6.07, 6.45) is 3.91. The summed E-state index contributed by atoms with van der Waals surface area (Å²) >= 11 is 0. The van der Waals surface area contributed by atoms with Crippen LogP contribution in [0.4, 0.5) is 0 Å². The molecule has 2 rings (SSSR count). The van der Waals surface area contributed by atoms with Crippen LogP contribution in [0.1, 0.15) is 31.5 Å². The first-order chi connectivity index (χ1) is 7.75. The standard InChI is InChI=1S/C12H18N2O2/c1-9(13)12-3-2-11(8-14-12)16-10-4-6-15-7-5-10/h2-3,8-10H,4-7,13H2,1H3/t9-/m1/s1. The second-order valence-electron chi connectivity index (χ2n) is 4.14. The highest BCUT2D eigenvalue weighted by Gasteiger charge is 2.15. The zero-order valence-corrected chi connectivity index (χ0v) is 9.56. The molecular weight excluding hydrogens is 204 g/mol. The summed E-state index contributed by atoms with van der Waals surface area (Å²) in [5.41, 5.74) is 6.62. The molecule has 88 valence electrons. The van der Waals surface area contributed by atoms with Crippen LogP contribution in [0.25, 0.3) is 0 Å². The van der Waals surface area contributed by atoms with Crippen molar-refractivity contribution >= 4 is 0 Å². The Bertz CT molecular complexity index is 318. The van der Waals surface area contributed by atoms with Crippen LogP contribution >= 0.6 is 0 Å². The lowest BCUT2D eigenvalue weighted by Gasteiger charge is -2.23. The number of pyridine rings is 1. The van der Waals surface area contributed by atoms with Gasteiger partial charge in [-0.05, 0) is 19.1 Å². The highest BCUT2D eigenvalue weighted by atomic mass is 16.5. The van der Waals surface area contributed by atoms with E-state index in [0.717, 1.165) is 37.5 Å². The molecule has 2 heterocycles. The summed E-state index contributed by atoms with van der Waals surface area (Å²) < 4.78 is 11.1. The van der Waals surface area contributed by atoms with Crippen molar-refractivity contribution in [1.82, 2.24) is 4.98 Å². The lowest BCUT2D eigenvalue weighted by atomic mass is 10.1. The van der Waals surface area contributed by atoms with Gasteiger partial charge in [0.05, 0.1) is 25.1 Å². The molecule has 4 nitrogen and oxygen atoms in total. The van der Waals surface area contributed by atoms with Crippen molar-refractivity contribution < 1.29 is 9.47 Å². The lowest BCUT2D eigenvalue weighted by Crippen LogP contribution is -2.25. The Kier molecular flexibility index (Phi) is 3.74. The Balaban J connectivity index is 1.93. The summed E-state index contributed by atoms with van der Waals surface area (Å²) in [6.45, 7) is 3.49. The normalized spacial score (nSPS) is 19.4. The molecule has 0 bridgehead atoms. The van der Waals surface area contributed by atoms with Crippen LogP contribution in [-0.4, -0.2) is 24.3 Å². The Morgan fingerprint density at radius 1 is 1.44 bits per heavy atom. The second kappa shape index (κ2) is 5.27. The average Bonchev–Trinajstić information content (AvgIpc) is 2.31. The molecule has 0 aliphatic carbocycles. The predicted octanol–water partition coefficient (Wildman–Crippen LogP) is 1.66. The van der Waals surface area contributed by atoms with Gasteiger partial charge in [0.1, 0.15) is 11.9 Å². The van der Waals surface area contributed by atoms with Gasteiger partial charge < -0.3 is 15.2 Å². The number of aromatic nitrogens is 1. The first-order valence-electron chi connectivity index (χ1n) is 5.71. The van der Waals surface area contributed by atoms with Crippen molar-refractivity contribution in [3.63, 3.8) is 0 Å². The van der Waals surface area contributed by atoms with Crippen molar-refractivity contribution in [2.24, 2.45) is 5.73 Å². The molecule has 1 fully saturated rings. The van der Waals surface area contributed by atoms with E-state index in [0.29, 0.717) is 0 Å². The highest BCUT2D eigenvalue weighted by Crippen LogP contribution is 2.18. The first kappa shape index (κ1) is 11.4. The van der Waals surface area contributed by atoms with Gasteiger partial charge in [-0.1, -0.05) is 0 Å². The quantitative estimate of drug-likeness (QED) is 0.845. The highest BCUT2D eigenvalue weighted by molar-refractivity contribution is 5.21. The van der Waals surface area contributed by atoms with Crippen molar-refractivity contribution in [3.8, 4) is 5.75 Å². The minimum Gasteiger partial charge on any atom is -0.489 e. The zero-order chi connectivity index (χ0) is 11.4. The molecule has 0 radical (unpaired) electrons. The van der Waals surface area contributed by atoms with E-state index >= 15 is 0 Å². The van der Waals surface area contributed by atoms with Crippen molar-refractivity contribution in [2.45, 2.75) is 31.9 Å². The molecule has 1 aromatic heterocycles. The molecule has 0 unspecified atom stereocenters. The summed E-state index contributed by atoms with van der Waals surface area (Å²) in [7, 11) is 0. The first-order valence-corrected chi connectivity index (χ1v) is 5.71. The van der Waals surface area contributed by atoms with Crippen molar-refractivity contribution in [3.05, 3.63) is 24.0 Å². The zero-order valence-electron chi connectivity index (χ0n) is 9.56. The number of hydrogen-bond acceptors (Lipinski definition) is 4. The fourth-order valence-electron chi connectivity index (χ4n) is 1.72. The number of rotatable bonds is 3. The van der Waals surface area contributed by atoms with Gasteiger partial charge in [-0.3, -0.25) is 4.98 Å². The summed E-state index contributed by atoms with van der Waals surface area (Å²) in [5.74, 6) is 0.816. The third kappa shape index (κ3) is 2.93. The molecule has 1 aliphatic heterocycles. The summed E-state index contributed by atoms with van der Waals surface area (Å²) in [5, 5.41) is 0. The van der Waals surface area contributed by atoms with E-state index in [1.54, 1.807) is 6.20 Å². The molecule has 1 saturated heterocycles. The molecule has 0 aromatic carbocycles. The van der Waals surface area contributed by atoms with Gasteiger partial charge in [-0.25, -0.2) is 0 Å². The van der Waals surface area contributed by atoms with E-state index in [1.165, 1.54) is 0 Å². The van der Waals surface area contributed by atoms with Crippen LogP contribution in [0.2, 0.25) is 0 Å². The minimum absolute atomic E-state index is 0.0304. The average molecular weight is 222 g/mol. The van der Waals surface area contributed by atoms with Crippen molar-refractivity contribution in [2.75, 3.05) is 13.2 Å². The van der Waals surface area contributed by atoms with Crippen LogP contribution in [0.15, 0.2) is 18.3 Å². The van der Waals surface area contributed by atoms with Gasteiger partial charge >= 0.3 is 0 Å². The second-order valence-corrected chi connectivity index (χ2v) is 4.14. The Morgan fingerprint density at radius 3 is 2.75 bits per heavy atom. The molecule has 1 aromatic rings. The van der Waals surface area contributed by atoms with Gasteiger partial charge in [0.15, 0.2) is 0 Å². The fraction of sp³-hybridized carbons (Fsp3) is 0.583. The topological polar surface area (TPSA) is 57.4 Å². The maximum atomic E-state index is 5.81. The monoisotopic (exact) mass is 222 g/mol. The van der Waals surface area contributed by atoms with Crippen molar-refractivity contribution in [1.29, 1.82) is 0 Å². The minimum atomic E-state index is -0.0304. The molecule has 16 heavy (non-hydrogen) atoms. The molecule has 1 aliphatic rings. The molecule has 0 saturated carbocycles. The lowest BCUT2D eigenvalue weighted by molar-refractivity contribution is 0.0254. The third-order valence-corrected chi connectivity index (χ3v) is 2.70. The Labute approximate surface area is 95.8 Å². The molecule has 0 amide bonds. The van der Waals surface area contributed by atoms with Crippen LogP contribution in [0.3, 0.4) is 0 Å². The van der Waals surface area contributed by atoms with Gasteiger partial charge in [0.2, 0.25) is 0 Å². The summed E-state index contributed by atoms with van der Waals surface area (Å²) in [4.78, 5) is 4.26. The van der Waals surface area contributed by atoms with E-state index in [9.17, 15) is 0 Å². The maximum absolute atomic E-state index is 5.81. The number of nitrogens with two attached hydrogens (primary N) is 1. The van der Waals surface area contributed by atoms with Gasteiger partial charge in [-0.2, -0.15) is 0 Å². The number of hydrogen-bond donors (Lipinski definition) is 1. The summed E-state index contributed by atoms with van der Waals surface area (Å²) in [6, 6.07) is 3.82. The largest absolute Gasteiger partial charge is 0.489 e. The molecule has 0 spiro atoms. The molecule has 2 N–H and O–H groups in total. The fourth-order valence-corrected chi connectivity index (χ4v) is 1.72. The van der Waals surface area contributed by atoms with E-state index in [4.69, 9.17) is 15.2 Å². The van der Waals surface area contributed by atoms with Gasteiger partial charge in [-0.15, -0.1) is 0 Å². The van der Waals surface area contributed by atoms with Crippen LogP contribution in [-0.2, 0) is 4.74 Å². The SMILES string of the molecule is C[C@@H](N)c1ccc(OC2CCOCC2)cn1. The van der Waals surface area contributed by atoms with Gasteiger partial charge in [0, 0.05) is 18.9 Å². The van der Waals surface area contributed by atoms with Crippen LogP contribution in [0, 0.1) is 0 Å². The number of ether oxygens (including phenoxy) is 2. The smallest absolute Gasteiger partial charge is 0.138 e. The predicted molar refractivity (Wildman–Crippen MR) is 61.3 cm³/mol. The van der Waals surface area contributed by atoms with E-state index in [2.05, 4.69) is 4.98 Å². The number of nitrogens with zero attached hydrogens (tertiary/aromatic N) is 1. The molecular formula is C12H18N2O2. The van der Waals surface area contributed by atoms with E-state index < -0.39 is 0 Å². The maximum Gasteiger partial charge on any atom is 0.138 e. The molecule has 4 heteroatoms. The Morgan fingerprint density at radius 2 is 2.19 bits per heavy atom. The van der Waals surface area contributed by atoms with Gasteiger partial charge in [0.25, 0.3) is 0 Å². The molecule has 1 atom stereocenters. The van der Waals surface area contributed by atoms with Crippen LogP contribution < -0.4 is 10.5 Å².